The molecule has 6 unspecified atom stereocenters. The Morgan fingerprint density at radius 2 is 1.31 bits per heavy atom. The molecule has 1 heterocycles. The monoisotopic (exact) mass is 760 g/mol. The van der Waals surface area contributed by atoms with E-state index < -0.39 is 0 Å². The van der Waals surface area contributed by atoms with Gasteiger partial charge in [0.25, 0.3) is 0 Å². The van der Waals surface area contributed by atoms with Gasteiger partial charge in [-0.3, -0.25) is 0 Å². The third kappa shape index (κ3) is 5.69. The van der Waals surface area contributed by atoms with Crippen LogP contribution in [0.25, 0.3) is 11.1 Å². The molecule has 6 aromatic rings. The van der Waals surface area contributed by atoms with Gasteiger partial charge in [0.2, 0.25) is 0 Å². The number of rotatable bonds is 7. The SMILES string of the molecule is CC1C=CC=C(C2(c3ccccc3)C3=CC(N(c4ccccc4)c4ccc(C5=CC6c7ccccc7N(c7ccccc7)C6C=C5)cc4)C(C)C=C3c3ccccc32)C1. The van der Waals surface area contributed by atoms with Crippen LogP contribution in [0.2, 0.25) is 0 Å². The lowest BCUT2D eigenvalue weighted by atomic mass is 9.63. The number of fused-ring (bicyclic) bond motifs is 6. The minimum Gasteiger partial charge on any atom is -0.334 e. The van der Waals surface area contributed by atoms with Crippen LogP contribution in [-0.4, -0.2) is 12.1 Å². The lowest BCUT2D eigenvalue weighted by molar-refractivity contribution is 0.582. The molecule has 0 radical (unpaired) electrons. The van der Waals surface area contributed by atoms with E-state index in [0.29, 0.717) is 5.92 Å². The second kappa shape index (κ2) is 14.3. The fourth-order valence-electron chi connectivity index (χ4n) is 10.9. The highest BCUT2D eigenvalue weighted by atomic mass is 15.2. The molecule has 11 rings (SSSR count). The van der Waals surface area contributed by atoms with E-state index in [1.165, 1.54) is 72.9 Å². The van der Waals surface area contributed by atoms with Gasteiger partial charge in [-0.2, -0.15) is 0 Å². The first kappa shape index (κ1) is 35.5. The zero-order valence-electron chi connectivity index (χ0n) is 33.7. The molecule has 6 aromatic carbocycles. The molecule has 0 saturated carbocycles. The van der Waals surface area contributed by atoms with Crippen molar-refractivity contribution in [2.45, 2.75) is 43.7 Å². The predicted octanol–water partition coefficient (Wildman–Crippen LogP) is 13.9. The van der Waals surface area contributed by atoms with Crippen molar-refractivity contribution in [1.29, 1.82) is 0 Å². The predicted molar refractivity (Wildman–Crippen MR) is 247 cm³/mol. The standard InChI is InChI=1S/C57H48N2/c1-39-17-16-20-44(35-39)57(43-18-6-3-7-19-43)52-27-14-12-25-48(52)50-36-40(2)56(38-53(50)57)58(45-21-8-4-9-22-45)47-32-29-41(30-33-47)42-31-34-55-51(37-42)49-26-13-15-28-54(49)59(55)46-23-10-5-11-24-46/h3-34,36-40,51,55-56H,35H2,1-2H3. The van der Waals surface area contributed by atoms with Crippen molar-refractivity contribution in [1.82, 2.24) is 0 Å². The van der Waals surface area contributed by atoms with Gasteiger partial charge in [0.1, 0.15) is 0 Å². The number of anilines is 4. The summed E-state index contributed by atoms with van der Waals surface area (Å²) < 4.78 is 0. The van der Waals surface area contributed by atoms with Crippen LogP contribution in [-0.2, 0) is 5.41 Å². The summed E-state index contributed by atoms with van der Waals surface area (Å²) in [6.07, 6.45) is 20.5. The molecule has 0 bridgehead atoms. The van der Waals surface area contributed by atoms with E-state index in [2.05, 4.69) is 236 Å². The van der Waals surface area contributed by atoms with Crippen LogP contribution >= 0.6 is 0 Å². The van der Waals surface area contributed by atoms with E-state index in [4.69, 9.17) is 0 Å². The van der Waals surface area contributed by atoms with Gasteiger partial charge in [-0.15, -0.1) is 0 Å². The van der Waals surface area contributed by atoms with E-state index in [0.717, 1.165) is 6.42 Å². The maximum absolute atomic E-state index is 2.64. The van der Waals surface area contributed by atoms with E-state index >= 15 is 0 Å². The highest BCUT2D eigenvalue weighted by Crippen LogP contribution is 2.61. The zero-order chi connectivity index (χ0) is 39.5. The number of benzene rings is 6. The summed E-state index contributed by atoms with van der Waals surface area (Å²) in [7, 11) is 0. The number of para-hydroxylation sites is 3. The van der Waals surface area contributed by atoms with Gasteiger partial charge in [-0.05, 0) is 105 Å². The topological polar surface area (TPSA) is 6.48 Å². The van der Waals surface area contributed by atoms with Crippen molar-refractivity contribution in [2.24, 2.45) is 11.8 Å². The van der Waals surface area contributed by atoms with Crippen molar-refractivity contribution in [3.63, 3.8) is 0 Å². The molecule has 6 atom stereocenters. The Morgan fingerprint density at radius 3 is 2.08 bits per heavy atom. The number of hydrogen-bond donors (Lipinski definition) is 0. The van der Waals surface area contributed by atoms with Crippen LogP contribution in [0.1, 0.15) is 54.0 Å². The smallest absolute Gasteiger partial charge is 0.0674 e. The van der Waals surface area contributed by atoms with Gasteiger partial charge in [0.15, 0.2) is 0 Å². The molecule has 286 valence electrons. The summed E-state index contributed by atoms with van der Waals surface area (Å²) in [5.41, 5.74) is 16.8. The van der Waals surface area contributed by atoms with Crippen molar-refractivity contribution in [3.8, 4) is 0 Å². The first-order valence-electron chi connectivity index (χ1n) is 21.4. The van der Waals surface area contributed by atoms with Crippen molar-refractivity contribution >= 4 is 33.9 Å². The number of allylic oxidation sites excluding steroid dienone is 8. The normalized spacial score (nSPS) is 24.8. The molecule has 1 aliphatic heterocycles. The van der Waals surface area contributed by atoms with E-state index in [-0.39, 0.29) is 29.3 Å². The van der Waals surface area contributed by atoms with Crippen molar-refractivity contribution < 1.29 is 0 Å². The van der Waals surface area contributed by atoms with Gasteiger partial charge in [-0.1, -0.05) is 189 Å². The maximum atomic E-state index is 2.64. The number of nitrogens with zero attached hydrogens (tertiary/aromatic N) is 2. The minimum absolute atomic E-state index is 0.0880. The molecule has 4 aliphatic carbocycles. The van der Waals surface area contributed by atoms with Gasteiger partial charge in [-0.25, -0.2) is 0 Å². The Kier molecular flexibility index (Phi) is 8.62. The van der Waals surface area contributed by atoms with Gasteiger partial charge in [0.05, 0.1) is 17.5 Å². The molecule has 2 heteroatoms. The second-order valence-electron chi connectivity index (χ2n) is 16.9. The van der Waals surface area contributed by atoms with Crippen LogP contribution in [0.15, 0.2) is 224 Å². The molecule has 0 N–H and O–H groups in total. The Bertz CT molecular complexity index is 2730. The molecule has 0 amide bonds. The van der Waals surface area contributed by atoms with Crippen LogP contribution in [0.5, 0.6) is 0 Å². The Morgan fingerprint density at radius 1 is 0.627 bits per heavy atom. The van der Waals surface area contributed by atoms with E-state index in [9.17, 15) is 0 Å². The molecule has 2 nitrogen and oxygen atoms in total. The van der Waals surface area contributed by atoms with Gasteiger partial charge < -0.3 is 9.80 Å². The Hall–Kier alpha value is -6.64. The number of hydrogen-bond acceptors (Lipinski definition) is 2. The van der Waals surface area contributed by atoms with E-state index in [1.807, 2.05) is 0 Å². The largest absolute Gasteiger partial charge is 0.334 e. The van der Waals surface area contributed by atoms with Crippen molar-refractivity contribution in [2.75, 3.05) is 9.80 Å². The quantitative estimate of drug-likeness (QED) is 0.160. The second-order valence-corrected chi connectivity index (χ2v) is 16.9. The van der Waals surface area contributed by atoms with Crippen LogP contribution in [0.3, 0.4) is 0 Å². The third-order valence-corrected chi connectivity index (χ3v) is 13.5. The summed E-state index contributed by atoms with van der Waals surface area (Å²) in [5, 5.41) is 0. The van der Waals surface area contributed by atoms with Crippen LogP contribution < -0.4 is 9.80 Å². The lowest BCUT2D eigenvalue weighted by Gasteiger charge is -2.42. The van der Waals surface area contributed by atoms with Crippen molar-refractivity contribution in [3.05, 3.63) is 251 Å². The lowest BCUT2D eigenvalue weighted by Crippen LogP contribution is -2.39. The third-order valence-electron chi connectivity index (χ3n) is 13.5. The Balaban J connectivity index is 1.00. The van der Waals surface area contributed by atoms with Crippen LogP contribution in [0.4, 0.5) is 22.7 Å². The average molecular weight is 761 g/mol. The minimum atomic E-state index is -0.375. The molecular weight excluding hydrogens is 713 g/mol. The summed E-state index contributed by atoms with van der Waals surface area (Å²) >= 11 is 0. The van der Waals surface area contributed by atoms with Crippen LogP contribution in [0, 0.1) is 11.8 Å². The molecule has 59 heavy (non-hydrogen) atoms. The summed E-state index contributed by atoms with van der Waals surface area (Å²) in [6, 6.07) is 60.9. The average Bonchev–Trinajstić information content (AvgIpc) is 3.78. The summed E-state index contributed by atoms with van der Waals surface area (Å²) in [4.78, 5) is 5.08. The Labute approximate surface area is 349 Å². The molecule has 0 saturated heterocycles. The van der Waals surface area contributed by atoms with Gasteiger partial charge in [0, 0.05) is 28.7 Å². The molecule has 0 fully saturated rings. The summed E-state index contributed by atoms with van der Waals surface area (Å²) in [6.45, 7) is 4.75. The fourth-order valence-corrected chi connectivity index (χ4v) is 10.9. The highest BCUT2D eigenvalue weighted by molar-refractivity contribution is 5.95. The highest BCUT2D eigenvalue weighted by Gasteiger charge is 2.51. The zero-order valence-corrected chi connectivity index (χ0v) is 33.7. The summed E-state index contributed by atoms with van der Waals surface area (Å²) in [5.74, 6) is 1.00. The molecule has 0 aromatic heterocycles. The first-order valence-corrected chi connectivity index (χ1v) is 21.4. The molecular formula is C57H48N2. The maximum Gasteiger partial charge on any atom is 0.0674 e. The molecule has 5 aliphatic rings. The first-order chi connectivity index (χ1) is 29.1. The van der Waals surface area contributed by atoms with Gasteiger partial charge >= 0.3 is 0 Å². The van der Waals surface area contributed by atoms with E-state index in [1.54, 1.807) is 0 Å². The fraction of sp³-hybridized carbons (Fsp3) is 0.158. The molecule has 0 spiro atoms.